The van der Waals surface area contributed by atoms with Crippen LogP contribution in [0.3, 0.4) is 0 Å². The van der Waals surface area contributed by atoms with Crippen LogP contribution in [0.2, 0.25) is 0 Å². The molecule has 3 rings (SSSR count). The van der Waals surface area contributed by atoms with Gasteiger partial charge in [0.1, 0.15) is 18.1 Å². The summed E-state index contributed by atoms with van der Waals surface area (Å²) in [5.74, 6) is 0.971. The highest BCUT2D eigenvalue weighted by Crippen LogP contribution is 2.27. The lowest BCUT2D eigenvalue weighted by molar-refractivity contribution is 0.0764. The van der Waals surface area contributed by atoms with Crippen molar-refractivity contribution in [3.8, 4) is 11.5 Å². The topological polar surface area (TPSA) is 67.9 Å². The second-order valence-corrected chi connectivity index (χ2v) is 6.62. The Hall–Kier alpha value is -3.02. The highest BCUT2D eigenvalue weighted by atomic mass is 16.5. The standard InChI is InChI=1S/C22H26N2O4/c1-3-5-13-27-18-9-6-16(7-10-18)21(25)23-17-8-11-20-19(15-17)22(26)24(4-2)12-14-28-20/h6-11,15H,3-5,12-14H2,1-2H3,(H,23,25). The van der Waals surface area contributed by atoms with E-state index in [4.69, 9.17) is 9.47 Å². The molecule has 148 valence electrons. The molecule has 0 aromatic heterocycles. The molecule has 6 heteroatoms. The number of amides is 2. The Morgan fingerprint density at radius 2 is 1.96 bits per heavy atom. The molecule has 1 N–H and O–H groups in total. The van der Waals surface area contributed by atoms with Gasteiger partial charge in [0, 0.05) is 17.8 Å². The number of hydrogen-bond donors (Lipinski definition) is 1. The molecule has 2 aromatic carbocycles. The molecule has 0 radical (unpaired) electrons. The van der Waals surface area contributed by atoms with Gasteiger partial charge in [0.2, 0.25) is 0 Å². The summed E-state index contributed by atoms with van der Waals surface area (Å²) in [6.07, 6.45) is 2.07. The largest absolute Gasteiger partial charge is 0.494 e. The lowest BCUT2D eigenvalue weighted by atomic mass is 10.1. The SMILES string of the molecule is CCCCOc1ccc(C(=O)Nc2ccc3c(c2)C(=O)N(CC)CCO3)cc1. The number of ether oxygens (including phenoxy) is 2. The smallest absolute Gasteiger partial charge is 0.257 e. The second kappa shape index (κ2) is 9.26. The van der Waals surface area contributed by atoms with E-state index in [1.54, 1.807) is 47.4 Å². The summed E-state index contributed by atoms with van der Waals surface area (Å²) in [7, 11) is 0. The Kier molecular flexibility index (Phi) is 6.53. The minimum absolute atomic E-state index is 0.0836. The van der Waals surface area contributed by atoms with E-state index in [-0.39, 0.29) is 11.8 Å². The summed E-state index contributed by atoms with van der Waals surface area (Å²) in [4.78, 5) is 26.9. The van der Waals surface area contributed by atoms with Crippen molar-refractivity contribution in [3.63, 3.8) is 0 Å². The number of carbonyl (C=O) groups excluding carboxylic acids is 2. The minimum atomic E-state index is -0.241. The Labute approximate surface area is 165 Å². The number of anilines is 1. The van der Waals surface area contributed by atoms with Gasteiger partial charge in [-0.3, -0.25) is 9.59 Å². The fourth-order valence-corrected chi connectivity index (χ4v) is 2.98. The van der Waals surface area contributed by atoms with E-state index < -0.39 is 0 Å². The van der Waals surface area contributed by atoms with Gasteiger partial charge in [0.05, 0.1) is 18.7 Å². The van der Waals surface area contributed by atoms with Gasteiger partial charge in [-0.05, 0) is 55.8 Å². The van der Waals surface area contributed by atoms with Crippen molar-refractivity contribution in [2.24, 2.45) is 0 Å². The van der Waals surface area contributed by atoms with Crippen LogP contribution >= 0.6 is 0 Å². The van der Waals surface area contributed by atoms with Crippen LogP contribution in [0, 0.1) is 0 Å². The summed E-state index contributed by atoms with van der Waals surface area (Å²) in [5.41, 5.74) is 1.55. The van der Waals surface area contributed by atoms with Crippen LogP contribution in [0.15, 0.2) is 42.5 Å². The maximum absolute atomic E-state index is 12.6. The van der Waals surface area contributed by atoms with E-state index in [2.05, 4.69) is 12.2 Å². The monoisotopic (exact) mass is 382 g/mol. The van der Waals surface area contributed by atoms with Gasteiger partial charge in [-0.1, -0.05) is 13.3 Å². The fraction of sp³-hybridized carbons (Fsp3) is 0.364. The summed E-state index contributed by atoms with van der Waals surface area (Å²) >= 11 is 0. The van der Waals surface area contributed by atoms with Crippen LogP contribution in [0.5, 0.6) is 11.5 Å². The normalized spacial score (nSPS) is 13.4. The molecule has 2 aromatic rings. The summed E-state index contributed by atoms with van der Waals surface area (Å²) in [6, 6.07) is 12.2. The predicted molar refractivity (Wildman–Crippen MR) is 108 cm³/mol. The Morgan fingerprint density at radius 1 is 1.18 bits per heavy atom. The third-order valence-electron chi connectivity index (χ3n) is 4.64. The number of benzene rings is 2. The molecule has 6 nitrogen and oxygen atoms in total. The molecule has 0 atom stereocenters. The van der Waals surface area contributed by atoms with Crippen LogP contribution in [0.25, 0.3) is 0 Å². The summed E-state index contributed by atoms with van der Waals surface area (Å²) in [5, 5.41) is 2.85. The van der Waals surface area contributed by atoms with E-state index in [0.717, 1.165) is 18.6 Å². The fourth-order valence-electron chi connectivity index (χ4n) is 2.98. The number of nitrogens with one attached hydrogen (secondary N) is 1. The lowest BCUT2D eigenvalue weighted by Crippen LogP contribution is -2.32. The first kappa shape index (κ1) is 19.7. The molecule has 0 aliphatic carbocycles. The van der Waals surface area contributed by atoms with E-state index >= 15 is 0 Å². The first-order valence-electron chi connectivity index (χ1n) is 9.72. The van der Waals surface area contributed by atoms with E-state index in [9.17, 15) is 9.59 Å². The second-order valence-electron chi connectivity index (χ2n) is 6.62. The highest BCUT2D eigenvalue weighted by molar-refractivity contribution is 6.05. The highest BCUT2D eigenvalue weighted by Gasteiger charge is 2.23. The zero-order valence-corrected chi connectivity index (χ0v) is 16.4. The average Bonchev–Trinajstić information content (AvgIpc) is 2.87. The number of carbonyl (C=O) groups is 2. The van der Waals surface area contributed by atoms with Gasteiger partial charge in [0.15, 0.2) is 0 Å². The molecular weight excluding hydrogens is 356 g/mol. The molecule has 1 heterocycles. The number of unbranched alkanes of at least 4 members (excludes halogenated alkanes) is 1. The van der Waals surface area contributed by atoms with Gasteiger partial charge >= 0.3 is 0 Å². The number of rotatable bonds is 7. The number of fused-ring (bicyclic) bond motifs is 1. The average molecular weight is 382 g/mol. The molecular formula is C22H26N2O4. The van der Waals surface area contributed by atoms with Crippen molar-refractivity contribution in [3.05, 3.63) is 53.6 Å². The van der Waals surface area contributed by atoms with Crippen LogP contribution in [0.1, 0.15) is 47.4 Å². The molecule has 0 unspecified atom stereocenters. The van der Waals surface area contributed by atoms with Crippen molar-refractivity contribution < 1.29 is 19.1 Å². The number of nitrogens with zero attached hydrogens (tertiary/aromatic N) is 1. The van der Waals surface area contributed by atoms with Gasteiger partial charge in [-0.15, -0.1) is 0 Å². The van der Waals surface area contributed by atoms with Crippen molar-refractivity contribution in [1.29, 1.82) is 0 Å². The van der Waals surface area contributed by atoms with E-state index in [0.29, 0.717) is 48.9 Å². The third kappa shape index (κ3) is 4.63. The molecule has 1 aliphatic rings. The first-order valence-corrected chi connectivity index (χ1v) is 9.72. The van der Waals surface area contributed by atoms with Crippen molar-refractivity contribution >= 4 is 17.5 Å². The van der Waals surface area contributed by atoms with Crippen LogP contribution < -0.4 is 14.8 Å². The molecule has 0 fully saturated rings. The van der Waals surface area contributed by atoms with Crippen molar-refractivity contribution in [2.75, 3.05) is 31.6 Å². The number of hydrogen-bond acceptors (Lipinski definition) is 4. The Morgan fingerprint density at radius 3 is 2.68 bits per heavy atom. The molecule has 28 heavy (non-hydrogen) atoms. The van der Waals surface area contributed by atoms with E-state index in [1.807, 2.05) is 6.92 Å². The zero-order chi connectivity index (χ0) is 19.9. The van der Waals surface area contributed by atoms with Gasteiger partial charge in [-0.2, -0.15) is 0 Å². The predicted octanol–water partition coefficient (Wildman–Crippen LogP) is 3.97. The zero-order valence-electron chi connectivity index (χ0n) is 16.4. The van der Waals surface area contributed by atoms with Crippen LogP contribution in [0.4, 0.5) is 5.69 Å². The van der Waals surface area contributed by atoms with Gasteiger partial charge in [-0.25, -0.2) is 0 Å². The quantitative estimate of drug-likeness (QED) is 0.736. The maximum atomic E-state index is 12.6. The van der Waals surface area contributed by atoms with Crippen LogP contribution in [-0.2, 0) is 0 Å². The Balaban J connectivity index is 1.70. The molecule has 0 saturated heterocycles. The van der Waals surface area contributed by atoms with E-state index in [1.165, 1.54) is 0 Å². The van der Waals surface area contributed by atoms with Gasteiger partial charge < -0.3 is 19.7 Å². The molecule has 0 spiro atoms. The Bertz CT molecular complexity index is 833. The summed E-state index contributed by atoms with van der Waals surface area (Å²) < 4.78 is 11.3. The maximum Gasteiger partial charge on any atom is 0.257 e. The first-order chi connectivity index (χ1) is 13.6. The molecule has 0 bridgehead atoms. The van der Waals surface area contributed by atoms with Crippen molar-refractivity contribution in [1.82, 2.24) is 4.90 Å². The third-order valence-corrected chi connectivity index (χ3v) is 4.64. The molecule has 1 aliphatic heterocycles. The summed E-state index contributed by atoms with van der Waals surface area (Å²) in [6.45, 7) is 6.35. The minimum Gasteiger partial charge on any atom is -0.494 e. The van der Waals surface area contributed by atoms with Gasteiger partial charge in [0.25, 0.3) is 11.8 Å². The number of likely N-dealkylation sites (N-methyl/N-ethyl adjacent to an activating group) is 1. The molecule has 2 amide bonds. The van der Waals surface area contributed by atoms with Crippen molar-refractivity contribution in [2.45, 2.75) is 26.7 Å². The lowest BCUT2D eigenvalue weighted by Gasteiger charge is -2.17. The van der Waals surface area contributed by atoms with Crippen LogP contribution in [-0.4, -0.2) is 43.0 Å². The molecule has 0 saturated carbocycles.